The van der Waals surface area contributed by atoms with Gasteiger partial charge in [0, 0.05) is 30.8 Å². The molecule has 0 aliphatic carbocycles. The molecule has 0 atom stereocenters. The van der Waals surface area contributed by atoms with Crippen molar-refractivity contribution in [1.29, 1.82) is 0 Å². The third-order valence-electron chi connectivity index (χ3n) is 3.16. The van der Waals surface area contributed by atoms with Crippen LogP contribution in [0.3, 0.4) is 0 Å². The number of carbonyl (C=O) groups is 5. The summed E-state index contributed by atoms with van der Waals surface area (Å²) in [6.07, 6.45) is -1.32. The molecule has 0 saturated carbocycles. The summed E-state index contributed by atoms with van der Waals surface area (Å²) in [6.45, 7) is 8.32. The number of nitrogens with one attached hydrogen (secondary N) is 2. The molecule has 0 spiro atoms. The summed E-state index contributed by atoms with van der Waals surface area (Å²) in [4.78, 5) is 56.9. The highest BCUT2D eigenvalue weighted by Crippen LogP contribution is 2.03. The molecule has 0 fully saturated rings. The van der Waals surface area contributed by atoms with Crippen LogP contribution in [0.4, 0.5) is 9.59 Å². The second-order valence-corrected chi connectivity index (χ2v) is 7.49. The molecule has 0 aromatic carbocycles. The highest BCUT2D eigenvalue weighted by atomic mass is 32.2. The van der Waals surface area contributed by atoms with E-state index in [1.165, 1.54) is 6.92 Å². The normalized spacial score (nSPS) is 10.1. The van der Waals surface area contributed by atoms with Crippen molar-refractivity contribution in [2.24, 2.45) is 5.92 Å². The first-order valence-electron chi connectivity index (χ1n) is 9.59. The zero-order valence-electron chi connectivity index (χ0n) is 18.0. The predicted molar refractivity (Wildman–Crippen MR) is 112 cm³/mol. The Labute approximate surface area is 185 Å². The molecule has 11 nitrogen and oxygen atoms in total. The minimum atomic E-state index is -0.711. The molecule has 0 radical (unpaired) electrons. The lowest BCUT2D eigenvalue weighted by atomic mass is 10.2. The molecule has 0 aromatic heterocycles. The van der Waals surface area contributed by atoms with E-state index in [1.807, 2.05) is 0 Å². The van der Waals surface area contributed by atoms with E-state index in [4.69, 9.17) is 18.9 Å². The van der Waals surface area contributed by atoms with Gasteiger partial charge in [-0.05, 0) is 6.92 Å². The van der Waals surface area contributed by atoms with Crippen molar-refractivity contribution < 1.29 is 42.9 Å². The fourth-order valence-electron chi connectivity index (χ4n) is 1.59. The van der Waals surface area contributed by atoms with E-state index in [9.17, 15) is 24.0 Å². The Morgan fingerprint density at radius 2 is 1.35 bits per heavy atom. The van der Waals surface area contributed by atoms with E-state index < -0.39 is 18.2 Å². The van der Waals surface area contributed by atoms with Gasteiger partial charge in [0.15, 0.2) is 5.12 Å². The van der Waals surface area contributed by atoms with Gasteiger partial charge in [0.25, 0.3) is 0 Å². The summed E-state index contributed by atoms with van der Waals surface area (Å²) >= 11 is 0.995. The van der Waals surface area contributed by atoms with Crippen LogP contribution in [0.25, 0.3) is 0 Å². The fraction of sp³-hybridized carbons (Fsp3) is 0.632. The molecule has 0 unspecified atom stereocenters. The van der Waals surface area contributed by atoms with Crippen LogP contribution in [-0.4, -0.2) is 74.5 Å². The molecular formula is C19H30N2O9S. The summed E-state index contributed by atoms with van der Waals surface area (Å²) < 4.78 is 19.2. The minimum Gasteiger partial charge on any atom is -0.462 e. The number of rotatable bonds is 14. The van der Waals surface area contributed by atoms with Gasteiger partial charge >= 0.3 is 24.1 Å². The number of alkyl carbamates (subject to hydrolysis) is 2. The van der Waals surface area contributed by atoms with Crippen LogP contribution in [0.15, 0.2) is 12.2 Å². The third-order valence-corrected chi connectivity index (χ3v) is 4.10. The van der Waals surface area contributed by atoms with Crippen LogP contribution in [-0.2, 0) is 33.3 Å². The first-order valence-corrected chi connectivity index (χ1v) is 10.6. The van der Waals surface area contributed by atoms with Crippen molar-refractivity contribution in [1.82, 2.24) is 10.6 Å². The molecule has 0 aliphatic rings. The summed E-state index contributed by atoms with van der Waals surface area (Å²) in [5.74, 6) is -0.867. The fourth-order valence-corrected chi connectivity index (χ4v) is 2.27. The Morgan fingerprint density at radius 3 is 1.90 bits per heavy atom. The number of esters is 2. The maximum Gasteiger partial charge on any atom is 0.407 e. The maximum atomic E-state index is 11.7. The number of thioether (sulfide) groups is 1. The van der Waals surface area contributed by atoms with Gasteiger partial charge in [-0.2, -0.15) is 0 Å². The van der Waals surface area contributed by atoms with Gasteiger partial charge in [-0.15, -0.1) is 0 Å². The molecule has 12 heteroatoms. The molecule has 2 N–H and O–H groups in total. The zero-order valence-corrected chi connectivity index (χ0v) is 18.8. The lowest BCUT2D eigenvalue weighted by Gasteiger charge is -2.09. The third kappa shape index (κ3) is 16.7. The van der Waals surface area contributed by atoms with Crippen LogP contribution in [0.1, 0.15) is 27.2 Å². The van der Waals surface area contributed by atoms with Gasteiger partial charge in [0.05, 0.1) is 5.92 Å². The zero-order chi connectivity index (χ0) is 23.6. The molecular weight excluding hydrogens is 432 g/mol. The van der Waals surface area contributed by atoms with E-state index in [0.29, 0.717) is 5.75 Å². The molecule has 2 amide bonds. The lowest BCUT2D eigenvalue weighted by Crippen LogP contribution is -2.29. The van der Waals surface area contributed by atoms with Gasteiger partial charge in [-0.3, -0.25) is 9.59 Å². The van der Waals surface area contributed by atoms with E-state index in [-0.39, 0.29) is 68.5 Å². The predicted octanol–water partition coefficient (Wildman–Crippen LogP) is 1.41. The van der Waals surface area contributed by atoms with Gasteiger partial charge in [-0.1, -0.05) is 32.2 Å². The van der Waals surface area contributed by atoms with E-state index in [1.54, 1.807) is 13.8 Å². The molecule has 0 heterocycles. The Bertz CT molecular complexity index is 638. The highest BCUT2D eigenvalue weighted by molar-refractivity contribution is 8.13. The number of ether oxygens (including phenoxy) is 4. The van der Waals surface area contributed by atoms with Crippen LogP contribution >= 0.6 is 11.8 Å². The van der Waals surface area contributed by atoms with Gasteiger partial charge in [0.2, 0.25) is 0 Å². The Hall–Kier alpha value is -2.76. The molecule has 176 valence electrons. The molecule has 31 heavy (non-hydrogen) atoms. The van der Waals surface area contributed by atoms with Gasteiger partial charge in [0.1, 0.15) is 26.4 Å². The van der Waals surface area contributed by atoms with Gasteiger partial charge in [-0.25, -0.2) is 14.4 Å². The van der Waals surface area contributed by atoms with Crippen molar-refractivity contribution in [2.45, 2.75) is 27.2 Å². The smallest absolute Gasteiger partial charge is 0.407 e. The van der Waals surface area contributed by atoms with Crippen molar-refractivity contribution >= 4 is 41.0 Å². The van der Waals surface area contributed by atoms with Crippen molar-refractivity contribution in [3.8, 4) is 0 Å². The van der Waals surface area contributed by atoms with E-state index in [0.717, 1.165) is 11.8 Å². The summed E-state index contributed by atoms with van der Waals surface area (Å²) in [7, 11) is 0. The largest absolute Gasteiger partial charge is 0.462 e. The Morgan fingerprint density at radius 1 is 0.839 bits per heavy atom. The standard InChI is InChI=1S/C19H30N2O9S/c1-13(2)16(23)27-8-10-29-18(25)20-6-5-15(22)31-12-7-21-19(26)30-11-9-28-17(24)14(3)4/h13H,3,5-12H2,1-2,4H3,(H,20,25)(H,21,26). The van der Waals surface area contributed by atoms with Gasteiger partial charge < -0.3 is 29.6 Å². The molecule has 0 bridgehead atoms. The molecule has 0 rings (SSSR count). The van der Waals surface area contributed by atoms with E-state index >= 15 is 0 Å². The lowest BCUT2D eigenvalue weighted by molar-refractivity contribution is -0.148. The summed E-state index contributed by atoms with van der Waals surface area (Å²) in [6, 6.07) is 0. The van der Waals surface area contributed by atoms with Crippen LogP contribution < -0.4 is 10.6 Å². The molecule has 0 saturated heterocycles. The first-order chi connectivity index (χ1) is 14.6. The maximum absolute atomic E-state index is 11.7. The molecule has 0 aliphatic heterocycles. The van der Waals surface area contributed by atoms with Crippen LogP contribution in [0, 0.1) is 5.92 Å². The van der Waals surface area contributed by atoms with Crippen LogP contribution in [0.5, 0.6) is 0 Å². The number of hydrogen-bond acceptors (Lipinski definition) is 10. The Kier molecular flexibility index (Phi) is 15.5. The number of carbonyl (C=O) groups excluding carboxylic acids is 5. The van der Waals surface area contributed by atoms with Crippen molar-refractivity contribution in [3.05, 3.63) is 12.2 Å². The summed E-state index contributed by atoms with van der Waals surface area (Å²) in [5.41, 5.74) is 0.252. The molecule has 0 aromatic rings. The number of hydrogen-bond donors (Lipinski definition) is 2. The quantitative estimate of drug-likeness (QED) is 0.168. The number of amides is 2. The topological polar surface area (TPSA) is 146 Å². The summed E-state index contributed by atoms with van der Waals surface area (Å²) in [5, 5.41) is 4.69. The first kappa shape index (κ1) is 28.2. The van der Waals surface area contributed by atoms with Crippen LogP contribution in [0.2, 0.25) is 0 Å². The average Bonchev–Trinajstić information content (AvgIpc) is 2.71. The second kappa shape index (κ2) is 17.0. The average molecular weight is 463 g/mol. The monoisotopic (exact) mass is 462 g/mol. The van der Waals surface area contributed by atoms with Crippen molar-refractivity contribution in [3.63, 3.8) is 0 Å². The van der Waals surface area contributed by atoms with Crippen molar-refractivity contribution in [2.75, 3.05) is 45.3 Å². The SMILES string of the molecule is C=C(C)C(=O)OCCOC(=O)NCCSC(=O)CCNC(=O)OCCOC(=O)C(C)C. The van der Waals surface area contributed by atoms with E-state index in [2.05, 4.69) is 17.2 Å². The highest BCUT2D eigenvalue weighted by Gasteiger charge is 2.10. The Balaban J connectivity index is 3.61. The second-order valence-electron chi connectivity index (χ2n) is 6.33. The minimum absolute atomic E-state index is 0.0334.